The lowest BCUT2D eigenvalue weighted by Gasteiger charge is -2.35. The SMILES string of the molecule is C=Cc1ccc(Oc2ccc(C3(c4ccccc4)c4ccccc4-c4ccc(N(c5ccc(-c6ccc(CCCCCC)cc6)cc5)c5ccc(-c6ccc7c(c6)c6ccccc6n7-c6ccccc6)cc5)cc43)cc2)cc1. The fraction of sp³-hybridized carbons (Fsp3) is 0.0933. The fourth-order valence-corrected chi connectivity index (χ4v) is 12.1. The van der Waals surface area contributed by atoms with Gasteiger partial charge in [-0.3, -0.25) is 0 Å². The minimum Gasteiger partial charge on any atom is -0.457 e. The van der Waals surface area contributed by atoms with Gasteiger partial charge in [-0.1, -0.05) is 215 Å². The van der Waals surface area contributed by atoms with Crippen LogP contribution in [-0.4, -0.2) is 4.57 Å². The van der Waals surface area contributed by atoms with E-state index < -0.39 is 5.41 Å². The van der Waals surface area contributed by atoms with E-state index in [0.717, 1.165) is 51.8 Å². The lowest BCUT2D eigenvalue weighted by Crippen LogP contribution is -2.28. The van der Waals surface area contributed by atoms with Crippen molar-refractivity contribution in [1.82, 2.24) is 4.57 Å². The zero-order valence-electron chi connectivity index (χ0n) is 44.0. The molecule has 11 aromatic carbocycles. The Morgan fingerprint density at radius 3 is 1.68 bits per heavy atom. The molecule has 13 rings (SSSR count). The van der Waals surface area contributed by atoms with Gasteiger partial charge in [0.1, 0.15) is 11.5 Å². The van der Waals surface area contributed by atoms with Crippen LogP contribution in [-0.2, 0) is 11.8 Å². The van der Waals surface area contributed by atoms with Crippen molar-refractivity contribution in [1.29, 1.82) is 0 Å². The molecule has 0 amide bonds. The number of fused-ring (bicyclic) bond motifs is 6. The molecule has 0 saturated heterocycles. The van der Waals surface area contributed by atoms with Crippen LogP contribution < -0.4 is 9.64 Å². The number of unbranched alkanes of at least 4 members (excludes halogenated alkanes) is 3. The van der Waals surface area contributed by atoms with E-state index in [2.05, 4.69) is 266 Å². The normalized spacial score (nSPS) is 13.6. The van der Waals surface area contributed by atoms with Gasteiger partial charge in [0.05, 0.1) is 16.4 Å². The molecule has 1 aliphatic rings. The fourth-order valence-electron chi connectivity index (χ4n) is 12.1. The third kappa shape index (κ3) is 8.78. The van der Waals surface area contributed by atoms with E-state index >= 15 is 0 Å². The molecule has 78 heavy (non-hydrogen) atoms. The average Bonchev–Trinajstić information content (AvgIpc) is 4.14. The first-order valence-corrected chi connectivity index (χ1v) is 27.6. The molecule has 0 aliphatic heterocycles. The Labute approximate surface area is 458 Å². The topological polar surface area (TPSA) is 17.4 Å². The molecular weight excluding hydrogens is 945 g/mol. The summed E-state index contributed by atoms with van der Waals surface area (Å²) in [4.78, 5) is 2.43. The average molecular weight is 1010 g/mol. The number of benzene rings is 11. The highest BCUT2D eigenvalue weighted by molar-refractivity contribution is 6.10. The molecule has 0 saturated carbocycles. The van der Waals surface area contributed by atoms with E-state index in [0.29, 0.717) is 0 Å². The molecule has 0 bridgehead atoms. The van der Waals surface area contributed by atoms with Crippen LogP contribution in [0, 0.1) is 0 Å². The summed E-state index contributed by atoms with van der Waals surface area (Å²) in [7, 11) is 0. The lowest BCUT2D eigenvalue weighted by molar-refractivity contribution is 0.482. The highest BCUT2D eigenvalue weighted by Gasteiger charge is 2.46. The van der Waals surface area contributed by atoms with Gasteiger partial charge in [0.2, 0.25) is 0 Å². The van der Waals surface area contributed by atoms with Crippen LogP contribution in [0.15, 0.2) is 273 Å². The number of ether oxygens (including phenoxy) is 1. The predicted octanol–water partition coefficient (Wildman–Crippen LogP) is 20.5. The summed E-state index contributed by atoms with van der Waals surface area (Å²) < 4.78 is 8.81. The monoisotopic (exact) mass is 1000 g/mol. The quantitative estimate of drug-likeness (QED) is 0.0898. The number of nitrogens with zero attached hydrogens (tertiary/aromatic N) is 2. The number of anilines is 3. The minimum atomic E-state index is -0.628. The van der Waals surface area contributed by atoms with E-state index in [1.54, 1.807) is 0 Å². The van der Waals surface area contributed by atoms with Gasteiger partial charge in [-0.2, -0.15) is 0 Å². The zero-order valence-corrected chi connectivity index (χ0v) is 44.0. The third-order valence-electron chi connectivity index (χ3n) is 16.0. The van der Waals surface area contributed by atoms with Gasteiger partial charge in [-0.05, 0) is 171 Å². The second-order valence-corrected chi connectivity index (χ2v) is 20.6. The van der Waals surface area contributed by atoms with E-state index in [1.807, 2.05) is 30.3 Å². The molecule has 1 unspecified atom stereocenters. The molecule has 0 fully saturated rings. The minimum absolute atomic E-state index is 0.628. The first-order valence-electron chi connectivity index (χ1n) is 27.6. The smallest absolute Gasteiger partial charge is 0.127 e. The third-order valence-corrected chi connectivity index (χ3v) is 16.0. The first-order chi connectivity index (χ1) is 38.6. The van der Waals surface area contributed by atoms with Gasteiger partial charge in [-0.25, -0.2) is 0 Å². The number of rotatable bonds is 16. The molecule has 1 aliphatic carbocycles. The summed E-state index contributed by atoms with van der Waals surface area (Å²) in [6.45, 7) is 6.19. The number of para-hydroxylation sites is 2. The number of hydrogen-bond acceptors (Lipinski definition) is 2. The van der Waals surface area contributed by atoms with Crippen LogP contribution in [0.25, 0.3) is 66.9 Å². The largest absolute Gasteiger partial charge is 0.457 e. The molecular formula is C75H60N2O. The summed E-state index contributed by atoms with van der Waals surface area (Å²) in [6.07, 6.45) is 8.06. The Balaban J connectivity index is 0.922. The molecule has 0 radical (unpaired) electrons. The molecule has 1 atom stereocenters. The molecule has 12 aromatic rings. The standard InChI is InChI=1S/C75H60N2O/c1-3-5-6-9-18-54-27-31-55(32-28-54)56-33-40-62(41-34-56)76(63-42-35-57(36-43-63)58-37-50-74-70(51-58)69-24-15-17-26-73(69)77(74)61-21-12-8-13-22-61)64-44-49-68-67-23-14-16-25-71(67)75(72(68)52-64,59-19-10-7-11-20-59)60-38-47-66(48-39-60)78-65-45-29-53(4-2)30-46-65/h4,7-8,10-17,19-52H,2-3,5-6,9,18H2,1H3. The Morgan fingerprint density at radius 1 is 0.436 bits per heavy atom. The van der Waals surface area contributed by atoms with Crippen LogP contribution >= 0.6 is 0 Å². The predicted molar refractivity (Wildman–Crippen MR) is 328 cm³/mol. The summed E-state index contributed by atoms with van der Waals surface area (Å²) in [5, 5.41) is 2.48. The highest BCUT2D eigenvalue weighted by Crippen LogP contribution is 2.57. The van der Waals surface area contributed by atoms with Gasteiger partial charge in [-0.15, -0.1) is 0 Å². The zero-order chi connectivity index (χ0) is 52.4. The van der Waals surface area contributed by atoms with E-state index in [-0.39, 0.29) is 0 Å². The Morgan fingerprint density at radius 2 is 0.987 bits per heavy atom. The van der Waals surface area contributed by atoms with E-state index in [9.17, 15) is 0 Å². The highest BCUT2D eigenvalue weighted by atomic mass is 16.5. The maximum Gasteiger partial charge on any atom is 0.127 e. The van der Waals surface area contributed by atoms with E-state index in [1.165, 1.54) is 103 Å². The van der Waals surface area contributed by atoms with Gasteiger partial charge in [0, 0.05) is 33.5 Å². The van der Waals surface area contributed by atoms with E-state index in [4.69, 9.17) is 4.74 Å². The van der Waals surface area contributed by atoms with Crippen molar-refractivity contribution < 1.29 is 4.74 Å². The van der Waals surface area contributed by atoms with Gasteiger partial charge < -0.3 is 14.2 Å². The van der Waals surface area contributed by atoms with Gasteiger partial charge in [0.25, 0.3) is 0 Å². The molecule has 3 heteroatoms. The van der Waals surface area contributed by atoms with Crippen molar-refractivity contribution >= 4 is 44.9 Å². The second kappa shape index (κ2) is 20.9. The summed E-state index contributed by atoms with van der Waals surface area (Å²) in [5.41, 5.74) is 20.7. The number of aryl methyl sites for hydroxylation is 1. The number of hydrogen-bond donors (Lipinski definition) is 0. The Bertz CT molecular complexity index is 4060. The van der Waals surface area contributed by atoms with Crippen molar-refractivity contribution in [3.05, 3.63) is 307 Å². The van der Waals surface area contributed by atoms with Crippen molar-refractivity contribution in [2.24, 2.45) is 0 Å². The van der Waals surface area contributed by atoms with Crippen molar-refractivity contribution in [3.8, 4) is 50.6 Å². The van der Waals surface area contributed by atoms with Crippen LogP contribution in [0.1, 0.15) is 66.0 Å². The Kier molecular flexibility index (Phi) is 12.9. The van der Waals surface area contributed by atoms with Gasteiger partial charge >= 0.3 is 0 Å². The maximum atomic E-state index is 6.43. The molecule has 0 N–H and O–H groups in total. The molecule has 1 heterocycles. The second-order valence-electron chi connectivity index (χ2n) is 20.6. The van der Waals surface area contributed by atoms with Gasteiger partial charge in [0.15, 0.2) is 0 Å². The van der Waals surface area contributed by atoms with Crippen molar-refractivity contribution in [2.45, 2.75) is 44.4 Å². The van der Waals surface area contributed by atoms with Crippen molar-refractivity contribution in [2.75, 3.05) is 4.90 Å². The van der Waals surface area contributed by atoms with Crippen LogP contribution in [0.2, 0.25) is 0 Å². The first kappa shape index (κ1) is 48.2. The lowest BCUT2D eigenvalue weighted by atomic mass is 9.67. The molecule has 0 spiro atoms. The van der Waals surface area contributed by atoms with Crippen molar-refractivity contribution in [3.63, 3.8) is 0 Å². The van der Waals surface area contributed by atoms with Crippen LogP contribution in [0.5, 0.6) is 11.5 Å². The Hall–Kier alpha value is -9.44. The van der Waals surface area contributed by atoms with Crippen LogP contribution in [0.4, 0.5) is 17.1 Å². The summed E-state index contributed by atoms with van der Waals surface area (Å²) >= 11 is 0. The maximum absolute atomic E-state index is 6.43. The van der Waals surface area contributed by atoms with Crippen LogP contribution in [0.3, 0.4) is 0 Å². The summed E-state index contributed by atoms with van der Waals surface area (Å²) in [6, 6.07) is 97.7. The molecule has 376 valence electrons. The molecule has 3 nitrogen and oxygen atoms in total. The summed E-state index contributed by atoms with van der Waals surface area (Å²) in [5.74, 6) is 1.57. The molecule has 1 aromatic heterocycles. The number of aromatic nitrogens is 1.